The van der Waals surface area contributed by atoms with Crippen LogP contribution >= 0.6 is 11.6 Å². The summed E-state index contributed by atoms with van der Waals surface area (Å²) in [6.45, 7) is 1.95. The molecule has 6 heteroatoms. The van der Waals surface area contributed by atoms with Gasteiger partial charge in [0.2, 0.25) is 5.91 Å². The Balaban J connectivity index is 1.59. The highest BCUT2D eigenvalue weighted by molar-refractivity contribution is 6.30. The molecule has 0 aliphatic heterocycles. The molecule has 0 aliphatic carbocycles. The fourth-order valence-corrected chi connectivity index (χ4v) is 2.35. The molecular formula is C19H22ClFN2O2. The summed E-state index contributed by atoms with van der Waals surface area (Å²) in [6, 6.07) is 13.5. The van der Waals surface area contributed by atoms with Crippen LogP contribution in [0, 0.1) is 5.82 Å². The number of ether oxygens (including phenoxy) is 1. The third-order valence-corrected chi connectivity index (χ3v) is 3.87. The third-order valence-electron chi connectivity index (χ3n) is 3.62. The van der Waals surface area contributed by atoms with Crippen LogP contribution in [0.5, 0.6) is 5.75 Å². The summed E-state index contributed by atoms with van der Waals surface area (Å²) in [7, 11) is 1.87. The summed E-state index contributed by atoms with van der Waals surface area (Å²) in [6.07, 6.45) is 0.676. The SMILES string of the molecule is CN(CCOc1ccc(Cl)cc1)CC(=O)NCCc1ccc(F)cc1. The molecule has 0 radical (unpaired) electrons. The van der Waals surface area contributed by atoms with E-state index in [1.165, 1.54) is 12.1 Å². The number of rotatable bonds is 9. The smallest absolute Gasteiger partial charge is 0.234 e. The van der Waals surface area contributed by atoms with Crippen molar-refractivity contribution in [1.82, 2.24) is 10.2 Å². The first-order valence-corrected chi connectivity index (χ1v) is 8.49. The molecule has 0 saturated carbocycles. The summed E-state index contributed by atoms with van der Waals surface area (Å²) in [5.74, 6) is 0.452. The fourth-order valence-electron chi connectivity index (χ4n) is 2.23. The topological polar surface area (TPSA) is 41.6 Å². The second-order valence-electron chi connectivity index (χ2n) is 5.77. The van der Waals surface area contributed by atoms with Gasteiger partial charge in [-0.2, -0.15) is 0 Å². The van der Waals surface area contributed by atoms with Crippen molar-refractivity contribution in [3.05, 3.63) is 64.9 Å². The van der Waals surface area contributed by atoms with E-state index in [2.05, 4.69) is 5.32 Å². The minimum atomic E-state index is -0.254. The lowest BCUT2D eigenvalue weighted by Gasteiger charge is -2.16. The normalized spacial score (nSPS) is 10.7. The Bertz CT molecular complexity index is 662. The molecule has 0 bridgehead atoms. The van der Waals surface area contributed by atoms with Gasteiger partial charge in [0.05, 0.1) is 6.54 Å². The highest BCUT2D eigenvalue weighted by Gasteiger charge is 2.06. The van der Waals surface area contributed by atoms with Crippen LogP contribution in [0.15, 0.2) is 48.5 Å². The van der Waals surface area contributed by atoms with Gasteiger partial charge in [-0.1, -0.05) is 23.7 Å². The first kappa shape index (κ1) is 19.2. The average molecular weight is 365 g/mol. The maximum Gasteiger partial charge on any atom is 0.234 e. The van der Waals surface area contributed by atoms with Gasteiger partial charge < -0.3 is 10.1 Å². The highest BCUT2D eigenvalue weighted by atomic mass is 35.5. The van der Waals surface area contributed by atoms with Gasteiger partial charge in [0.25, 0.3) is 0 Å². The monoisotopic (exact) mass is 364 g/mol. The molecule has 1 N–H and O–H groups in total. The standard InChI is InChI=1S/C19H22ClFN2O2/c1-23(12-13-25-18-8-4-16(20)5-9-18)14-19(24)22-11-10-15-2-6-17(21)7-3-15/h2-9H,10-14H2,1H3,(H,22,24). The zero-order chi connectivity index (χ0) is 18.1. The van der Waals surface area contributed by atoms with E-state index in [9.17, 15) is 9.18 Å². The van der Waals surface area contributed by atoms with Crippen LogP contribution < -0.4 is 10.1 Å². The van der Waals surface area contributed by atoms with E-state index in [0.717, 1.165) is 11.3 Å². The van der Waals surface area contributed by atoms with Gasteiger partial charge in [-0.25, -0.2) is 4.39 Å². The van der Waals surface area contributed by atoms with Crippen molar-refractivity contribution in [3.8, 4) is 5.75 Å². The van der Waals surface area contributed by atoms with E-state index in [0.29, 0.717) is 37.7 Å². The molecule has 0 aromatic heterocycles. The first-order valence-electron chi connectivity index (χ1n) is 8.11. The number of hydrogen-bond acceptors (Lipinski definition) is 3. The molecule has 1 amide bonds. The van der Waals surface area contributed by atoms with Crippen molar-refractivity contribution in [2.75, 3.05) is 33.3 Å². The maximum atomic E-state index is 12.8. The predicted octanol–water partition coefficient (Wildman–Crippen LogP) is 3.15. The van der Waals surface area contributed by atoms with Gasteiger partial charge in [-0.3, -0.25) is 9.69 Å². The number of amides is 1. The lowest BCUT2D eigenvalue weighted by Crippen LogP contribution is -2.37. The van der Waals surface area contributed by atoms with Crippen molar-refractivity contribution >= 4 is 17.5 Å². The van der Waals surface area contributed by atoms with Gasteiger partial charge >= 0.3 is 0 Å². The number of carbonyl (C=O) groups excluding carboxylic acids is 1. The van der Waals surface area contributed by atoms with Gasteiger partial charge in [0, 0.05) is 18.1 Å². The van der Waals surface area contributed by atoms with E-state index in [1.54, 1.807) is 24.3 Å². The molecular weight excluding hydrogens is 343 g/mol. The van der Waals surface area contributed by atoms with Crippen LogP contribution in [0.2, 0.25) is 5.02 Å². The summed E-state index contributed by atoms with van der Waals surface area (Å²) in [4.78, 5) is 13.8. The molecule has 2 rings (SSSR count). The molecule has 0 heterocycles. The molecule has 4 nitrogen and oxygen atoms in total. The lowest BCUT2D eigenvalue weighted by atomic mass is 10.1. The number of hydrogen-bond donors (Lipinski definition) is 1. The highest BCUT2D eigenvalue weighted by Crippen LogP contribution is 2.15. The quantitative estimate of drug-likeness (QED) is 0.743. The van der Waals surface area contributed by atoms with Gasteiger partial charge in [0.1, 0.15) is 18.2 Å². The largest absolute Gasteiger partial charge is 0.492 e. The number of likely N-dealkylation sites (N-methyl/N-ethyl adjacent to an activating group) is 1. The molecule has 0 fully saturated rings. The second kappa shape index (κ2) is 10.0. The number of nitrogens with zero attached hydrogens (tertiary/aromatic N) is 1. The van der Waals surface area contributed by atoms with E-state index < -0.39 is 0 Å². The van der Waals surface area contributed by atoms with Crippen molar-refractivity contribution in [2.45, 2.75) is 6.42 Å². The molecule has 0 saturated heterocycles. The van der Waals surface area contributed by atoms with E-state index in [1.807, 2.05) is 24.1 Å². The van der Waals surface area contributed by atoms with Crippen LogP contribution in [0.25, 0.3) is 0 Å². The van der Waals surface area contributed by atoms with E-state index >= 15 is 0 Å². The van der Waals surface area contributed by atoms with Crippen LogP contribution in [-0.2, 0) is 11.2 Å². The van der Waals surface area contributed by atoms with E-state index in [4.69, 9.17) is 16.3 Å². The van der Waals surface area contributed by atoms with Crippen LogP contribution in [0.3, 0.4) is 0 Å². The summed E-state index contributed by atoms with van der Waals surface area (Å²) in [5.41, 5.74) is 0.992. The number of halogens is 2. The summed E-state index contributed by atoms with van der Waals surface area (Å²) >= 11 is 5.82. The van der Waals surface area contributed by atoms with Crippen LogP contribution in [-0.4, -0.2) is 44.1 Å². The predicted molar refractivity (Wildman–Crippen MR) is 97.6 cm³/mol. The first-order chi connectivity index (χ1) is 12.0. The summed E-state index contributed by atoms with van der Waals surface area (Å²) < 4.78 is 18.4. The number of benzene rings is 2. The Labute approximate surface area is 152 Å². The Morgan fingerprint density at radius 1 is 1.16 bits per heavy atom. The molecule has 0 atom stereocenters. The molecule has 0 spiro atoms. The molecule has 25 heavy (non-hydrogen) atoms. The van der Waals surface area contributed by atoms with Crippen molar-refractivity contribution in [1.29, 1.82) is 0 Å². The Kier molecular flexibility index (Phi) is 7.70. The molecule has 2 aromatic carbocycles. The zero-order valence-corrected chi connectivity index (χ0v) is 14.9. The Morgan fingerprint density at radius 3 is 2.52 bits per heavy atom. The van der Waals surface area contributed by atoms with E-state index in [-0.39, 0.29) is 11.7 Å². The minimum Gasteiger partial charge on any atom is -0.492 e. The second-order valence-corrected chi connectivity index (χ2v) is 6.20. The third kappa shape index (κ3) is 7.54. The van der Waals surface area contributed by atoms with Crippen LogP contribution in [0.1, 0.15) is 5.56 Å². The number of carbonyl (C=O) groups is 1. The van der Waals surface area contributed by atoms with Crippen molar-refractivity contribution in [2.24, 2.45) is 0 Å². The maximum absolute atomic E-state index is 12.8. The van der Waals surface area contributed by atoms with Crippen LogP contribution in [0.4, 0.5) is 4.39 Å². The molecule has 2 aromatic rings. The Morgan fingerprint density at radius 2 is 1.84 bits per heavy atom. The lowest BCUT2D eigenvalue weighted by molar-refractivity contribution is -0.121. The molecule has 0 unspecified atom stereocenters. The van der Waals surface area contributed by atoms with Gasteiger partial charge in [-0.05, 0) is 55.4 Å². The van der Waals surface area contributed by atoms with Gasteiger partial charge in [0.15, 0.2) is 0 Å². The average Bonchev–Trinajstić information content (AvgIpc) is 2.58. The van der Waals surface area contributed by atoms with Crippen molar-refractivity contribution in [3.63, 3.8) is 0 Å². The minimum absolute atomic E-state index is 0.0453. The van der Waals surface area contributed by atoms with Gasteiger partial charge in [-0.15, -0.1) is 0 Å². The van der Waals surface area contributed by atoms with Crippen molar-refractivity contribution < 1.29 is 13.9 Å². The molecule has 134 valence electrons. The zero-order valence-electron chi connectivity index (χ0n) is 14.2. The summed E-state index contributed by atoms with van der Waals surface area (Å²) in [5, 5.41) is 3.53. The molecule has 0 aliphatic rings. The Hall–Kier alpha value is -2.11. The number of nitrogens with one attached hydrogen (secondary N) is 1. The fraction of sp³-hybridized carbons (Fsp3) is 0.316.